The highest BCUT2D eigenvalue weighted by Gasteiger charge is 2.31. The van der Waals surface area contributed by atoms with Crippen LogP contribution in [0.1, 0.15) is 25.8 Å². The van der Waals surface area contributed by atoms with E-state index >= 15 is 0 Å². The summed E-state index contributed by atoms with van der Waals surface area (Å²) in [7, 11) is 1.94. The molecule has 0 bridgehead atoms. The molecule has 0 aliphatic carbocycles. The van der Waals surface area contributed by atoms with Crippen molar-refractivity contribution < 1.29 is 17.9 Å². The van der Waals surface area contributed by atoms with E-state index in [2.05, 4.69) is 27.6 Å². The Hall–Kier alpha value is -2.15. The average molecular weight is 443 g/mol. The van der Waals surface area contributed by atoms with E-state index in [1.165, 1.54) is 17.7 Å². The van der Waals surface area contributed by atoms with Crippen molar-refractivity contribution in [2.75, 3.05) is 17.7 Å². The molecule has 2 N–H and O–H groups in total. The maximum atomic E-state index is 12.3. The Morgan fingerprint density at radius 3 is 2.37 bits per heavy atom. The van der Waals surface area contributed by atoms with Crippen LogP contribution in [-0.2, 0) is 0 Å². The fraction of sp³-hybridized carbons (Fsp3) is 0.300. The average Bonchev–Trinajstić information content (AvgIpc) is 2.57. The summed E-state index contributed by atoms with van der Waals surface area (Å²) in [5, 5.41) is 0. The molecule has 0 spiro atoms. The first-order valence-electron chi connectivity index (χ1n) is 8.38. The van der Waals surface area contributed by atoms with Crippen LogP contribution in [0.2, 0.25) is 0 Å². The Bertz CT molecular complexity index is 846. The Labute approximate surface area is 165 Å². The molecule has 0 fully saturated rings. The van der Waals surface area contributed by atoms with Crippen LogP contribution in [0.25, 0.3) is 11.1 Å². The zero-order valence-electron chi connectivity index (χ0n) is 15.6. The lowest BCUT2D eigenvalue weighted by molar-refractivity contribution is -0.274. The van der Waals surface area contributed by atoms with Gasteiger partial charge in [-0.25, -0.2) is 0 Å². The minimum Gasteiger partial charge on any atom is -0.406 e. The van der Waals surface area contributed by atoms with Gasteiger partial charge in [0.2, 0.25) is 0 Å². The third-order valence-corrected chi connectivity index (χ3v) is 5.08. The Kier molecular flexibility index (Phi) is 6.46. The number of alkyl halides is 3. The van der Waals surface area contributed by atoms with Gasteiger partial charge in [0.1, 0.15) is 5.75 Å². The Balaban J connectivity index is 2.49. The predicted octanol–water partition coefficient (Wildman–Crippen LogP) is 6.66. The molecule has 2 aromatic rings. The summed E-state index contributed by atoms with van der Waals surface area (Å²) >= 11 is 3.55. The van der Waals surface area contributed by atoms with Crippen LogP contribution in [-0.4, -0.2) is 13.4 Å². The van der Waals surface area contributed by atoms with Crippen LogP contribution in [0.4, 0.5) is 24.5 Å². The van der Waals surface area contributed by atoms with Crippen molar-refractivity contribution in [2.45, 2.75) is 33.6 Å². The Morgan fingerprint density at radius 1 is 1.26 bits per heavy atom. The number of nitrogens with zero attached hydrogens (tertiary/aromatic N) is 1. The van der Waals surface area contributed by atoms with Gasteiger partial charge in [-0.15, -0.1) is 13.2 Å². The van der Waals surface area contributed by atoms with E-state index < -0.39 is 6.36 Å². The van der Waals surface area contributed by atoms with Crippen molar-refractivity contribution in [3.63, 3.8) is 0 Å². The number of hydrogen-bond donors (Lipinski definition) is 1. The van der Waals surface area contributed by atoms with Crippen molar-refractivity contribution in [1.29, 1.82) is 0 Å². The summed E-state index contributed by atoms with van der Waals surface area (Å²) in [6, 6.07) is 7.59. The highest BCUT2D eigenvalue weighted by molar-refractivity contribution is 9.10. The summed E-state index contributed by atoms with van der Waals surface area (Å²) in [6.07, 6.45) is -1.74. The quantitative estimate of drug-likeness (QED) is 0.526. The summed E-state index contributed by atoms with van der Waals surface area (Å²) < 4.78 is 41.8. The maximum Gasteiger partial charge on any atom is 0.573 e. The molecule has 0 aliphatic rings. The molecule has 3 nitrogen and oxygen atoms in total. The van der Waals surface area contributed by atoms with Crippen LogP contribution in [0.3, 0.4) is 0 Å². The largest absolute Gasteiger partial charge is 0.573 e. The molecular weight excluding hydrogens is 421 g/mol. The van der Waals surface area contributed by atoms with E-state index in [4.69, 9.17) is 5.73 Å². The number of nitrogen functional groups attached to an aromatic ring is 1. The van der Waals surface area contributed by atoms with Crippen molar-refractivity contribution in [3.05, 3.63) is 52.1 Å². The number of hydrogen-bond acceptors (Lipinski definition) is 3. The third-order valence-electron chi connectivity index (χ3n) is 4.24. The minimum atomic E-state index is -4.71. The number of rotatable bonds is 5. The van der Waals surface area contributed by atoms with Crippen LogP contribution in [0.15, 0.2) is 46.6 Å². The van der Waals surface area contributed by atoms with Crippen molar-refractivity contribution in [1.82, 2.24) is 0 Å². The molecule has 0 saturated carbocycles. The first-order valence-corrected chi connectivity index (χ1v) is 9.17. The van der Waals surface area contributed by atoms with E-state index in [0.717, 1.165) is 33.3 Å². The van der Waals surface area contributed by atoms with Gasteiger partial charge in [0.05, 0.1) is 10.2 Å². The second-order valence-electron chi connectivity index (χ2n) is 6.31. The van der Waals surface area contributed by atoms with Gasteiger partial charge < -0.3 is 15.4 Å². The molecule has 0 amide bonds. The maximum absolute atomic E-state index is 12.3. The summed E-state index contributed by atoms with van der Waals surface area (Å²) in [5.74, 6) is -0.257. The molecule has 0 aliphatic heterocycles. The fourth-order valence-electron chi connectivity index (χ4n) is 2.80. The molecule has 2 rings (SSSR count). The number of anilines is 2. The number of nitrogens with two attached hydrogens (primary N) is 1. The van der Waals surface area contributed by atoms with Gasteiger partial charge in [0, 0.05) is 18.9 Å². The minimum absolute atomic E-state index is 0.257. The third kappa shape index (κ3) is 5.19. The lowest BCUT2D eigenvalue weighted by atomic mass is 9.97. The van der Waals surface area contributed by atoms with Crippen molar-refractivity contribution >= 4 is 27.3 Å². The topological polar surface area (TPSA) is 38.5 Å². The second kappa shape index (κ2) is 8.25. The number of ether oxygens (including phenoxy) is 1. The molecule has 0 heterocycles. The van der Waals surface area contributed by atoms with E-state index in [1.807, 2.05) is 38.1 Å². The van der Waals surface area contributed by atoms with Gasteiger partial charge in [-0.2, -0.15) is 0 Å². The molecule has 0 radical (unpaired) electrons. The molecular formula is C20H22BrF3N2O. The smallest absolute Gasteiger partial charge is 0.406 e. The van der Waals surface area contributed by atoms with Gasteiger partial charge in [-0.05, 0) is 71.1 Å². The van der Waals surface area contributed by atoms with Gasteiger partial charge >= 0.3 is 6.36 Å². The predicted molar refractivity (Wildman–Crippen MR) is 108 cm³/mol. The molecule has 0 unspecified atom stereocenters. The number of benzene rings is 2. The molecule has 146 valence electrons. The van der Waals surface area contributed by atoms with Crippen LogP contribution >= 0.6 is 15.9 Å². The zero-order valence-corrected chi connectivity index (χ0v) is 17.2. The van der Waals surface area contributed by atoms with Crippen LogP contribution < -0.4 is 15.4 Å². The van der Waals surface area contributed by atoms with Crippen molar-refractivity contribution in [2.24, 2.45) is 0 Å². The fourth-order valence-corrected chi connectivity index (χ4v) is 3.49. The summed E-state index contributed by atoms with van der Waals surface area (Å²) in [4.78, 5) is 2.00. The van der Waals surface area contributed by atoms with Gasteiger partial charge in [-0.3, -0.25) is 0 Å². The van der Waals surface area contributed by atoms with E-state index in [0.29, 0.717) is 5.69 Å². The first-order chi connectivity index (χ1) is 12.5. The SMILES string of the molecule is CC/C(C)=C/N(C)c1c(C)c(-c2ccc(OC(F)(F)F)cc2)cc(N)c1Br. The summed E-state index contributed by atoms with van der Waals surface area (Å²) in [5.41, 5.74) is 11.4. The monoisotopic (exact) mass is 442 g/mol. The summed E-state index contributed by atoms with van der Waals surface area (Å²) in [6.45, 7) is 6.09. The molecule has 27 heavy (non-hydrogen) atoms. The van der Waals surface area contributed by atoms with E-state index in [-0.39, 0.29) is 5.75 Å². The first kappa shape index (κ1) is 21.2. The molecule has 2 aromatic carbocycles. The highest BCUT2D eigenvalue weighted by Crippen LogP contribution is 2.41. The van der Waals surface area contributed by atoms with E-state index in [9.17, 15) is 13.2 Å². The molecule has 0 atom stereocenters. The molecule has 0 saturated heterocycles. The second-order valence-corrected chi connectivity index (χ2v) is 7.11. The van der Waals surface area contributed by atoms with Gasteiger partial charge in [-0.1, -0.05) is 24.6 Å². The number of allylic oxidation sites excluding steroid dienone is 1. The highest BCUT2D eigenvalue weighted by atomic mass is 79.9. The van der Waals surface area contributed by atoms with Crippen LogP contribution in [0, 0.1) is 6.92 Å². The number of halogens is 4. The zero-order chi connectivity index (χ0) is 20.4. The standard InChI is InChI=1S/C20H22BrF3N2O/c1-5-12(2)11-26(4)19-13(3)16(10-17(25)18(19)21)14-6-8-15(9-7-14)27-20(22,23)24/h6-11H,5,25H2,1-4H3/b12-11+. The Morgan fingerprint density at radius 2 is 1.85 bits per heavy atom. The van der Waals surface area contributed by atoms with Crippen molar-refractivity contribution in [3.8, 4) is 16.9 Å². The van der Waals surface area contributed by atoms with Gasteiger partial charge in [0.15, 0.2) is 0 Å². The van der Waals surface area contributed by atoms with Crippen LogP contribution in [0.5, 0.6) is 5.75 Å². The normalized spacial score (nSPS) is 12.2. The lowest BCUT2D eigenvalue weighted by Gasteiger charge is -2.23. The van der Waals surface area contributed by atoms with Gasteiger partial charge in [0.25, 0.3) is 0 Å². The molecule has 7 heteroatoms. The molecule has 0 aromatic heterocycles. The lowest BCUT2D eigenvalue weighted by Crippen LogP contribution is -2.17. The van der Waals surface area contributed by atoms with E-state index in [1.54, 1.807) is 12.1 Å².